The number of nitrogens with zero attached hydrogens (tertiary/aromatic N) is 2. The number of halogens is 2. The lowest BCUT2D eigenvalue weighted by Crippen LogP contribution is -2.37. The van der Waals surface area contributed by atoms with Crippen molar-refractivity contribution in [1.29, 1.82) is 0 Å². The van der Waals surface area contributed by atoms with Gasteiger partial charge in [-0.3, -0.25) is 9.59 Å². The molecule has 1 aliphatic carbocycles. The van der Waals surface area contributed by atoms with E-state index in [-0.39, 0.29) is 24.2 Å². The van der Waals surface area contributed by atoms with E-state index in [0.717, 1.165) is 6.42 Å². The van der Waals surface area contributed by atoms with Gasteiger partial charge >= 0.3 is 0 Å². The molecule has 1 saturated heterocycles. The van der Waals surface area contributed by atoms with E-state index in [2.05, 4.69) is 0 Å². The predicted octanol–water partition coefficient (Wildman–Crippen LogP) is 3.61. The molecular formula is C20H29Cl2N3O3. The van der Waals surface area contributed by atoms with Crippen molar-refractivity contribution in [2.75, 3.05) is 39.0 Å². The average molecular weight is 430 g/mol. The Hall–Kier alpha value is -1.66. The Labute approximate surface area is 177 Å². The normalized spacial score (nSPS) is 17.8. The highest BCUT2D eigenvalue weighted by Gasteiger charge is 2.27. The van der Waals surface area contributed by atoms with Crippen molar-refractivity contribution >= 4 is 41.5 Å². The number of carbonyl (C=O) groups is 2. The summed E-state index contributed by atoms with van der Waals surface area (Å²) in [6, 6.07) is 3.14. The number of hydrogen-bond acceptors (Lipinski definition) is 4. The monoisotopic (exact) mass is 429 g/mol. The lowest BCUT2D eigenvalue weighted by molar-refractivity contribution is -0.132. The van der Waals surface area contributed by atoms with Gasteiger partial charge in [0.2, 0.25) is 5.91 Å². The van der Waals surface area contributed by atoms with Gasteiger partial charge in [-0.1, -0.05) is 24.4 Å². The number of methoxy groups -OCH3 is 1. The maximum Gasteiger partial charge on any atom is 0.257 e. The Bertz CT molecular complexity index is 708. The molecule has 2 aliphatic rings. The van der Waals surface area contributed by atoms with E-state index >= 15 is 0 Å². The van der Waals surface area contributed by atoms with Crippen LogP contribution in [-0.4, -0.2) is 54.9 Å². The molecule has 0 unspecified atom stereocenters. The first kappa shape index (κ1) is 22.6. The first-order valence-electron chi connectivity index (χ1n) is 9.69. The second-order valence-corrected chi connectivity index (χ2v) is 7.86. The molecule has 2 N–H and O–H groups in total. The third-order valence-corrected chi connectivity index (χ3v) is 5.95. The van der Waals surface area contributed by atoms with Gasteiger partial charge in [-0.15, -0.1) is 12.4 Å². The van der Waals surface area contributed by atoms with Crippen LogP contribution in [0.3, 0.4) is 0 Å². The van der Waals surface area contributed by atoms with Crippen LogP contribution in [-0.2, 0) is 4.79 Å². The highest BCUT2D eigenvalue weighted by molar-refractivity contribution is 6.33. The van der Waals surface area contributed by atoms with Gasteiger partial charge in [0.05, 0.1) is 23.4 Å². The SMILES string of the molecule is COc1cc(N)c(Cl)cc1C(=O)N1CCCN(C(=O)CC2CCCC2)CC1.Cl. The summed E-state index contributed by atoms with van der Waals surface area (Å²) in [5.41, 5.74) is 6.59. The van der Waals surface area contributed by atoms with Gasteiger partial charge in [0.15, 0.2) is 0 Å². The number of ether oxygens (including phenoxy) is 1. The topological polar surface area (TPSA) is 75.9 Å². The number of amides is 2. The molecule has 0 spiro atoms. The fourth-order valence-corrected chi connectivity index (χ4v) is 4.20. The van der Waals surface area contributed by atoms with Gasteiger partial charge in [-0.2, -0.15) is 0 Å². The number of rotatable bonds is 4. The zero-order valence-corrected chi connectivity index (χ0v) is 17.9. The minimum absolute atomic E-state index is 0. The molecule has 3 rings (SSSR count). The van der Waals surface area contributed by atoms with E-state index < -0.39 is 0 Å². The molecule has 0 aromatic heterocycles. The molecule has 28 heavy (non-hydrogen) atoms. The van der Waals surface area contributed by atoms with Gasteiger partial charge in [-0.25, -0.2) is 0 Å². The summed E-state index contributed by atoms with van der Waals surface area (Å²) in [4.78, 5) is 29.3. The van der Waals surface area contributed by atoms with Crippen LogP contribution in [0.5, 0.6) is 5.75 Å². The standard InChI is InChI=1S/C20H28ClN3O3.ClH/c1-27-18-13-17(22)16(21)12-15(18)20(26)24-8-4-7-23(9-10-24)19(25)11-14-5-2-3-6-14;/h12-14H,2-11,22H2,1H3;1H. The van der Waals surface area contributed by atoms with E-state index in [1.165, 1.54) is 32.8 Å². The molecule has 1 aromatic rings. The quantitative estimate of drug-likeness (QED) is 0.741. The molecule has 6 nitrogen and oxygen atoms in total. The third-order valence-electron chi connectivity index (χ3n) is 5.62. The molecule has 0 bridgehead atoms. The molecule has 1 aliphatic heterocycles. The lowest BCUT2D eigenvalue weighted by atomic mass is 10.0. The van der Waals surface area contributed by atoms with Crippen molar-refractivity contribution < 1.29 is 14.3 Å². The molecule has 1 saturated carbocycles. The maximum atomic E-state index is 13.0. The summed E-state index contributed by atoms with van der Waals surface area (Å²) in [6.45, 7) is 2.40. The van der Waals surface area contributed by atoms with Crippen LogP contribution in [0.2, 0.25) is 5.02 Å². The number of anilines is 1. The predicted molar refractivity (Wildman–Crippen MR) is 113 cm³/mol. The van der Waals surface area contributed by atoms with E-state index in [4.69, 9.17) is 22.1 Å². The Morgan fingerprint density at radius 2 is 1.75 bits per heavy atom. The van der Waals surface area contributed by atoms with Gasteiger partial charge < -0.3 is 20.3 Å². The number of carbonyl (C=O) groups excluding carboxylic acids is 2. The van der Waals surface area contributed by atoms with Crippen LogP contribution in [0.25, 0.3) is 0 Å². The highest BCUT2D eigenvalue weighted by atomic mass is 35.5. The summed E-state index contributed by atoms with van der Waals surface area (Å²) < 4.78 is 5.31. The van der Waals surface area contributed by atoms with Crippen LogP contribution in [0.1, 0.15) is 48.9 Å². The van der Waals surface area contributed by atoms with Crippen molar-refractivity contribution in [3.8, 4) is 5.75 Å². The molecule has 0 atom stereocenters. The largest absolute Gasteiger partial charge is 0.496 e. The molecule has 156 valence electrons. The van der Waals surface area contributed by atoms with E-state index in [1.54, 1.807) is 17.0 Å². The highest BCUT2D eigenvalue weighted by Crippen LogP contribution is 2.30. The summed E-state index contributed by atoms with van der Waals surface area (Å²) in [5, 5.41) is 0.335. The fourth-order valence-electron chi connectivity index (χ4n) is 4.04. The van der Waals surface area contributed by atoms with Crippen LogP contribution in [0.15, 0.2) is 12.1 Å². The average Bonchev–Trinajstić information content (AvgIpc) is 3.04. The second kappa shape index (κ2) is 10.2. The Morgan fingerprint density at radius 3 is 2.43 bits per heavy atom. The summed E-state index contributed by atoms with van der Waals surface area (Å²) in [5.74, 6) is 1.04. The molecule has 2 amide bonds. The Morgan fingerprint density at radius 1 is 1.11 bits per heavy atom. The molecule has 1 aromatic carbocycles. The summed E-state index contributed by atoms with van der Waals surface area (Å²) >= 11 is 6.10. The van der Waals surface area contributed by atoms with Crippen molar-refractivity contribution in [1.82, 2.24) is 9.80 Å². The van der Waals surface area contributed by atoms with Crippen molar-refractivity contribution in [2.24, 2.45) is 5.92 Å². The Balaban J connectivity index is 0.00000280. The number of nitrogens with two attached hydrogens (primary N) is 1. The van der Waals surface area contributed by atoms with E-state index in [1.807, 2.05) is 4.90 Å². The molecule has 1 heterocycles. The fraction of sp³-hybridized carbons (Fsp3) is 0.600. The van der Waals surface area contributed by atoms with Crippen LogP contribution in [0.4, 0.5) is 5.69 Å². The van der Waals surface area contributed by atoms with Crippen molar-refractivity contribution in [3.63, 3.8) is 0 Å². The maximum absolute atomic E-state index is 13.0. The third kappa shape index (κ3) is 5.23. The zero-order chi connectivity index (χ0) is 19.4. The second-order valence-electron chi connectivity index (χ2n) is 7.46. The van der Waals surface area contributed by atoms with Gasteiger partial charge in [0.25, 0.3) is 5.91 Å². The minimum Gasteiger partial charge on any atom is -0.496 e. The Kier molecular flexibility index (Phi) is 8.25. The number of benzene rings is 1. The van der Waals surface area contributed by atoms with Gasteiger partial charge in [0.1, 0.15) is 5.75 Å². The molecule has 8 heteroatoms. The summed E-state index contributed by atoms with van der Waals surface area (Å²) in [7, 11) is 1.51. The lowest BCUT2D eigenvalue weighted by Gasteiger charge is -2.24. The molecule has 0 radical (unpaired) electrons. The molecular weight excluding hydrogens is 401 g/mol. The van der Waals surface area contributed by atoms with Crippen LogP contribution >= 0.6 is 24.0 Å². The van der Waals surface area contributed by atoms with Crippen molar-refractivity contribution in [3.05, 3.63) is 22.7 Å². The van der Waals surface area contributed by atoms with E-state index in [0.29, 0.717) is 60.5 Å². The first-order chi connectivity index (χ1) is 13.0. The van der Waals surface area contributed by atoms with Crippen molar-refractivity contribution in [2.45, 2.75) is 38.5 Å². The number of hydrogen-bond donors (Lipinski definition) is 1. The smallest absolute Gasteiger partial charge is 0.257 e. The number of nitrogen functional groups attached to an aromatic ring is 1. The van der Waals surface area contributed by atoms with Crippen LogP contribution < -0.4 is 10.5 Å². The van der Waals surface area contributed by atoms with Gasteiger partial charge in [-0.05, 0) is 31.2 Å². The van der Waals surface area contributed by atoms with Crippen LogP contribution in [0, 0.1) is 5.92 Å². The van der Waals surface area contributed by atoms with E-state index in [9.17, 15) is 9.59 Å². The summed E-state index contributed by atoms with van der Waals surface area (Å²) in [6.07, 6.45) is 6.24. The minimum atomic E-state index is -0.140. The van der Waals surface area contributed by atoms with Gasteiger partial charge in [0, 0.05) is 38.7 Å². The zero-order valence-electron chi connectivity index (χ0n) is 16.3. The first-order valence-corrected chi connectivity index (χ1v) is 10.1. The molecule has 2 fully saturated rings.